The molecule has 1 aromatic rings. The highest BCUT2D eigenvalue weighted by Crippen LogP contribution is 2.32. The molecule has 0 radical (unpaired) electrons. The zero-order valence-electron chi connectivity index (χ0n) is 14.0. The van der Waals surface area contributed by atoms with E-state index in [1.165, 1.54) is 0 Å². The third-order valence-electron chi connectivity index (χ3n) is 4.28. The maximum Gasteiger partial charge on any atom is 0.252 e. The molecule has 1 saturated carbocycles. The van der Waals surface area contributed by atoms with Crippen LogP contribution in [0.15, 0.2) is 24.3 Å². The monoisotopic (exact) mass is 318 g/mol. The van der Waals surface area contributed by atoms with E-state index in [9.17, 15) is 14.7 Å². The molecular formula is C18H26N2O3. The van der Waals surface area contributed by atoms with Gasteiger partial charge in [0.05, 0.1) is 6.10 Å². The lowest BCUT2D eigenvalue weighted by Crippen LogP contribution is -2.51. The first-order chi connectivity index (χ1) is 10.9. The van der Waals surface area contributed by atoms with Crippen molar-refractivity contribution >= 4 is 11.8 Å². The summed E-state index contributed by atoms with van der Waals surface area (Å²) >= 11 is 0. The van der Waals surface area contributed by atoms with E-state index in [1.54, 1.807) is 12.1 Å². The van der Waals surface area contributed by atoms with E-state index < -0.39 is 12.1 Å². The van der Waals surface area contributed by atoms with Crippen LogP contribution in [0.1, 0.15) is 42.6 Å². The highest BCUT2D eigenvalue weighted by atomic mass is 16.3. The topological polar surface area (TPSA) is 78.4 Å². The van der Waals surface area contributed by atoms with Crippen molar-refractivity contribution < 1.29 is 14.7 Å². The Morgan fingerprint density at radius 2 is 1.91 bits per heavy atom. The smallest absolute Gasteiger partial charge is 0.252 e. The normalized spacial score (nSPS) is 16.7. The average Bonchev–Trinajstić information content (AvgIpc) is 3.34. The van der Waals surface area contributed by atoms with E-state index in [1.807, 2.05) is 32.9 Å². The van der Waals surface area contributed by atoms with Crippen LogP contribution in [0.3, 0.4) is 0 Å². The Kier molecular flexibility index (Phi) is 5.77. The van der Waals surface area contributed by atoms with E-state index in [0.29, 0.717) is 11.5 Å². The minimum absolute atomic E-state index is 0.0407. The molecule has 2 rings (SSSR count). The second-order valence-electron chi connectivity index (χ2n) is 6.66. The van der Waals surface area contributed by atoms with Crippen molar-refractivity contribution in [2.24, 2.45) is 11.8 Å². The molecule has 0 bridgehead atoms. The van der Waals surface area contributed by atoms with Crippen LogP contribution in [0, 0.1) is 18.8 Å². The Balaban J connectivity index is 1.96. The van der Waals surface area contributed by atoms with Crippen LogP contribution in [-0.4, -0.2) is 35.6 Å². The summed E-state index contributed by atoms with van der Waals surface area (Å²) in [5, 5.41) is 15.4. The minimum atomic E-state index is -0.617. The van der Waals surface area contributed by atoms with Gasteiger partial charge >= 0.3 is 0 Å². The molecule has 5 nitrogen and oxygen atoms in total. The molecule has 3 N–H and O–H groups in total. The fourth-order valence-corrected chi connectivity index (χ4v) is 2.54. The van der Waals surface area contributed by atoms with Gasteiger partial charge in [0.25, 0.3) is 5.91 Å². The number of aliphatic hydroxyl groups is 1. The first-order valence-corrected chi connectivity index (χ1v) is 8.22. The number of benzene rings is 1. The maximum atomic E-state index is 12.4. The summed E-state index contributed by atoms with van der Waals surface area (Å²) in [7, 11) is 0. The molecule has 0 aliphatic heterocycles. The van der Waals surface area contributed by atoms with Gasteiger partial charge in [-0.1, -0.05) is 32.0 Å². The van der Waals surface area contributed by atoms with Crippen LogP contribution in [0.25, 0.3) is 0 Å². The molecule has 1 aromatic carbocycles. The summed E-state index contributed by atoms with van der Waals surface area (Å²) in [6, 6.07) is 6.67. The van der Waals surface area contributed by atoms with Crippen LogP contribution < -0.4 is 10.6 Å². The number of aliphatic hydroxyl groups excluding tert-OH is 1. The number of rotatable bonds is 7. The lowest BCUT2D eigenvalue weighted by Gasteiger charge is -2.23. The first-order valence-electron chi connectivity index (χ1n) is 8.22. The molecule has 23 heavy (non-hydrogen) atoms. The van der Waals surface area contributed by atoms with Crippen LogP contribution in [0.5, 0.6) is 0 Å². The van der Waals surface area contributed by atoms with Crippen molar-refractivity contribution in [2.45, 2.75) is 45.8 Å². The molecule has 2 atom stereocenters. The average molecular weight is 318 g/mol. The number of nitrogens with one attached hydrogen (secondary N) is 2. The molecule has 0 saturated heterocycles. The highest BCUT2D eigenvalue weighted by Gasteiger charge is 2.31. The van der Waals surface area contributed by atoms with E-state index in [4.69, 9.17) is 0 Å². The van der Waals surface area contributed by atoms with Gasteiger partial charge in [0.2, 0.25) is 5.91 Å². The zero-order valence-corrected chi connectivity index (χ0v) is 14.0. The number of aryl methyl sites for hydroxylation is 1. The van der Waals surface area contributed by atoms with E-state index in [2.05, 4.69) is 10.6 Å². The third-order valence-corrected chi connectivity index (χ3v) is 4.28. The molecule has 1 aliphatic rings. The zero-order chi connectivity index (χ0) is 17.0. The van der Waals surface area contributed by atoms with Gasteiger partial charge in [-0.15, -0.1) is 0 Å². The second kappa shape index (κ2) is 7.59. The van der Waals surface area contributed by atoms with Crippen molar-refractivity contribution in [1.29, 1.82) is 0 Å². The second-order valence-corrected chi connectivity index (χ2v) is 6.66. The Labute approximate surface area is 137 Å². The van der Waals surface area contributed by atoms with Crippen LogP contribution in [0.2, 0.25) is 0 Å². The summed E-state index contributed by atoms with van der Waals surface area (Å²) < 4.78 is 0. The fourth-order valence-electron chi connectivity index (χ4n) is 2.54. The lowest BCUT2D eigenvalue weighted by molar-refractivity contribution is -0.124. The van der Waals surface area contributed by atoms with Gasteiger partial charge in [-0.2, -0.15) is 0 Å². The van der Waals surface area contributed by atoms with Crippen molar-refractivity contribution in [2.75, 3.05) is 6.54 Å². The van der Waals surface area contributed by atoms with Gasteiger partial charge in [-0.3, -0.25) is 9.59 Å². The summed E-state index contributed by atoms with van der Waals surface area (Å²) in [6.45, 7) is 5.89. The Morgan fingerprint density at radius 1 is 1.26 bits per heavy atom. The van der Waals surface area contributed by atoms with Crippen molar-refractivity contribution in [3.63, 3.8) is 0 Å². The van der Waals surface area contributed by atoms with Crippen LogP contribution in [0.4, 0.5) is 0 Å². The molecule has 2 amide bonds. The molecule has 126 valence electrons. The van der Waals surface area contributed by atoms with E-state index in [-0.39, 0.29) is 24.3 Å². The number of carbonyl (C=O) groups is 2. The predicted molar refractivity (Wildman–Crippen MR) is 89.0 cm³/mol. The number of hydrogen-bond acceptors (Lipinski definition) is 3. The van der Waals surface area contributed by atoms with Crippen LogP contribution in [-0.2, 0) is 4.79 Å². The Hall–Kier alpha value is -1.88. The SMILES string of the molecule is Cc1ccccc1C(=O)NC(C(=O)NCC(O)C1CC1)C(C)C. The molecule has 0 spiro atoms. The molecular weight excluding hydrogens is 292 g/mol. The standard InChI is InChI=1S/C18H26N2O3/c1-11(2)16(18(23)19-10-15(21)13-8-9-13)20-17(22)14-7-5-4-6-12(14)3/h4-7,11,13,15-16,21H,8-10H2,1-3H3,(H,19,23)(H,20,22). The van der Waals surface area contributed by atoms with Crippen molar-refractivity contribution in [1.82, 2.24) is 10.6 Å². The van der Waals surface area contributed by atoms with Gasteiger partial charge in [-0.25, -0.2) is 0 Å². The summed E-state index contributed by atoms with van der Waals surface area (Å²) in [5.41, 5.74) is 1.45. The molecule has 1 aliphatic carbocycles. The summed E-state index contributed by atoms with van der Waals surface area (Å²) in [5.74, 6) is -0.225. The first kappa shape index (κ1) is 17.5. The van der Waals surface area contributed by atoms with Gasteiger partial charge in [0, 0.05) is 12.1 Å². The Bertz CT molecular complexity index is 567. The number of hydrogen-bond donors (Lipinski definition) is 3. The van der Waals surface area contributed by atoms with Crippen LogP contribution >= 0.6 is 0 Å². The molecule has 1 fully saturated rings. The van der Waals surface area contributed by atoms with Gasteiger partial charge in [-0.05, 0) is 43.2 Å². The number of amides is 2. The van der Waals surface area contributed by atoms with Gasteiger partial charge in [0.1, 0.15) is 6.04 Å². The molecule has 5 heteroatoms. The van der Waals surface area contributed by atoms with Gasteiger partial charge in [0.15, 0.2) is 0 Å². The summed E-state index contributed by atoms with van der Waals surface area (Å²) in [6.07, 6.45) is 1.56. The molecule has 2 unspecified atom stereocenters. The third kappa shape index (κ3) is 4.79. The quantitative estimate of drug-likeness (QED) is 0.715. The van der Waals surface area contributed by atoms with E-state index >= 15 is 0 Å². The summed E-state index contributed by atoms with van der Waals surface area (Å²) in [4.78, 5) is 24.7. The van der Waals surface area contributed by atoms with Gasteiger partial charge < -0.3 is 15.7 Å². The maximum absolute atomic E-state index is 12.4. The highest BCUT2D eigenvalue weighted by molar-refractivity contribution is 5.98. The number of carbonyl (C=O) groups excluding carboxylic acids is 2. The Morgan fingerprint density at radius 3 is 2.48 bits per heavy atom. The van der Waals surface area contributed by atoms with E-state index in [0.717, 1.165) is 18.4 Å². The fraction of sp³-hybridized carbons (Fsp3) is 0.556. The predicted octanol–water partition coefficient (Wildman–Crippen LogP) is 1.64. The molecule has 0 aromatic heterocycles. The minimum Gasteiger partial charge on any atom is -0.391 e. The molecule has 0 heterocycles. The lowest BCUT2D eigenvalue weighted by atomic mass is 10.0. The van der Waals surface area contributed by atoms with Crippen molar-refractivity contribution in [3.8, 4) is 0 Å². The van der Waals surface area contributed by atoms with Crippen molar-refractivity contribution in [3.05, 3.63) is 35.4 Å². The largest absolute Gasteiger partial charge is 0.391 e.